The van der Waals surface area contributed by atoms with Crippen LogP contribution in [0.4, 0.5) is 20.4 Å². The normalized spacial score (nSPS) is 18.2. The fourth-order valence-electron chi connectivity index (χ4n) is 4.04. The first kappa shape index (κ1) is 31.5. The van der Waals surface area contributed by atoms with E-state index in [0.717, 1.165) is 28.9 Å². The maximum atomic E-state index is 13.6. The fourth-order valence-corrected chi connectivity index (χ4v) is 5.03. The smallest absolute Gasteiger partial charge is 0.251 e. The van der Waals surface area contributed by atoms with Gasteiger partial charge in [0.15, 0.2) is 0 Å². The Kier molecular flexibility index (Phi) is 10.7. The summed E-state index contributed by atoms with van der Waals surface area (Å²) in [6.07, 6.45) is 1.45. The van der Waals surface area contributed by atoms with Gasteiger partial charge in [0.25, 0.3) is 5.91 Å². The molecule has 1 unspecified atom stereocenters. The molecule has 40 heavy (non-hydrogen) atoms. The van der Waals surface area contributed by atoms with E-state index in [0.29, 0.717) is 37.2 Å². The topological polar surface area (TPSA) is 136 Å². The van der Waals surface area contributed by atoms with Gasteiger partial charge in [-0.05, 0) is 50.7 Å². The van der Waals surface area contributed by atoms with Crippen molar-refractivity contribution in [1.82, 2.24) is 10.3 Å². The standard InChI is InChI=1S/C27H39F2N5O5S/c1-16(2)40(36,37)34(4)26-10-18(9-25(33-26)31-14-19-8-17(19)3)27(35)32-24(23(30)6-7-38-5)15-39-22-12-20(28)11-21(29)13-22/h9-13,16-17,19,23-24H,6-8,14-15,30H2,1-5H3,(H,31,33)(H,32,35)/t17-,19?,23-,24-/m0/s1. The van der Waals surface area contributed by atoms with Gasteiger partial charge in [0, 0.05) is 57.1 Å². The zero-order valence-corrected chi connectivity index (χ0v) is 24.3. The van der Waals surface area contributed by atoms with Crippen LogP contribution in [0.2, 0.25) is 0 Å². The molecule has 0 spiro atoms. The molecule has 4 atom stereocenters. The average Bonchev–Trinajstić information content (AvgIpc) is 3.61. The maximum Gasteiger partial charge on any atom is 0.251 e. The minimum atomic E-state index is -3.71. The number of methoxy groups -OCH3 is 1. The quantitative estimate of drug-likeness (QED) is 0.291. The number of amides is 1. The van der Waals surface area contributed by atoms with Gasteiger partial charge in [-0.1, -0.05) is 6.92 Å². The van der Waals surface area contributed by atoms with Crippen LogP contribution in [-0.4, -0.2) is 70.6 Å². The molecular formula is C27H39F2N5O5S. The van der Waals surface area contributed by atoms with Crippen LogP contribution in [0.25, 0.3) is 0 Å². The Bertz CT molecular complexity index is 1260. The van der Waals surface area contributed by atoms with Crippen molar-refractivity contribution >= 4 is 27.6 Å². The van der Waals surface area contributed by atoms with E-state index in [4.69, 9.17) is 15.2 Å². The first-order chi connectivity index (χ1) is 18.8. The predicted octanol–water partition coefficient (Wildman–Crippen LogP) is 3.14. The number of sulfonamides is 1. The van der Waals surface area contributed by atoms with E-state index in [-0.39, 0.29) is 23.7 Å². The van der Waals surface area contributed by atoms with Crippen LogP contribution in [0.15, 0.2) is 30.3 Å². The first-order valence-corrected chi connectivity index (χ1v) is 14.7. The van der Waals surface area contributed by atoms with E-state index < -0.39 is 44.9 Å². The Morgan fingerprint density at radius 1 is 1.20 bits per heavy atom. The summed E-state index contributed by atoms with van der Waals surface area (Å²) in [7, 11) is -0.806. The van der Waals surface area contributed by atoms with Gasteiger partial charge < -0.3 is 25.8 Å². The Balaban J connectivity index is 1.86. The molecule has 13 heteroatoms. The molecule has 1 aromatic heterocycles. The molecule has 10 nitrogen and oxygen atoms in total. The Morgan fingerprint density at radius 3 is 2.42 bits per heavy atom. The van der Waals surface area contributed by atoms with Crippen molar-refractivity contribution in [1.29, 1.82) is 0 Å². The zero-order valence-electron chi connectivity index (χ0n) is 23.5. The summed E-state index contributed by atoms with van der Waals surface area (Å²) in [5.74, 6) is -0.693. The van der Waals surface area contributed by atoms with Crippen LogP contribution >= 0.6 is 0 Å². The van der Waals surface area contributed by atoms with Crippen LogP contribution in [0, 0.1) is 23.5 Å². The molecule has 0 bridgehead atoms. The maximum absolute atomic E-state index is 13.6. The first-order valence-electron chi connectivity index (χ1n) is 13.2. The van der Waals surface area contributed by atoms with Crippen LogP contribution in [-0.2, 0) is 14.8 Å². The fraction of sp³-hybridized carbons (Fsp3) is 0.556. The van der Waals surface area contributed by atoms with E-state index in [1.807, 2.05) is 0 Å². The van der Waals surface area contributed by atoms with Crippen LogP contribution in [0.3, 0.4) is 0 Å². The summed E-state index contributed by atoms with van der Waals surface area (Å²) in [4.78, 5) is 17.9. The number of carbonyl (C=O) groups is 1. The van der Waals surface area contributed by atoms with Gasteiger partial charge in [0.2, 0.25) is 10.0 Å². The number of nitrogens with two attached hydrogens (primary N) is 1. The van der Waals surface area contributed by atoms with Crippen molar-refractivity contribution in [3.05, 3.63) is 47.5 Å². The van der Waals surface area contributed by atoms with Crippen molar-refractivity contribution in [2.24, 2.45) is 17.6 Å². The molecular weight excluding hydrogens is 544 g/mol. The summed E-state index contributed by atoms with van der Waals surface area (Å²) in [5.41, 5.74) is 6.47. The van der Waals surface area contributed by atoms with Gasteiger partial charge >= 0.3 is 0 Å². The van der Waals surface area contributed by atoms with Crippen molar-refractivity contribution in [3.8, 4) is 5.75 Å². The lowest BCUT2D eigenvalue weighted by Crippen LogP contribution is -2.51. The number of pyridine rings is 1. The summed E-state index contributed by atoms with van der Waals surface area (Å²) >= 11 is 0. The second kappa shape index (κ2) is 13.6. The minimum Gasteiger partial charge on any atom is -0.491 e. The molecule has 1 aliphatic rings. The number of ether oxygens (including phenoxy) is 2. The number of benzene rings is 1. The highest BCUT2D eigenvalue weighted by molar-refractivity contribution is 7.93. The SMILES string of the molecule is COCC[C@H](N)[C@H](COc1cc(F)cc(F)c1)NC(=O)c1cc(NCC2C[C@@H]2C)nc(N(C)S(=O)(=O)C(C)C)c1. The summed E-state index contributed by atoms with van der Waals surface area (Å²) < 4.78 is 64.7. The summed E-state index contributed by atoms with van der Waals surface area (Å²) in [5, 5.41) is 5.34. The summed E-state index contributed by atoms with van der Waals surface area (Å²) in [6.45, 7) is 6.04. The molecule has 0 saturated heterocycles. The highest BCUT2D eigenvalue weighted by atomic mass is 32.2. The number of hydrogen-bond acceptors (Lipinski definition) is 8. The number of aromatic nitrogens is 1. The lowest BCUT2D eigenvalue weighted by Gasteiger charge is -2.26. The third-order valence-electron chi connectivity index (χ3n) is 6.95. The molecule has 1 amide bonds. The van der Waals surface area contributed by atoms with Crippen molar-refractivity contribution < 1.29 is 31.5 Å². The van der Waals surface area contributed by atoms with E-state index in [2.05, 4.69) is 22.5 Å². The zero-order chi connectivity index (χ0) is 29.6. The van der Waals surface area contributed by atoms with Crippen molar-refractivity contribution in [2.45, 2.75) is 50.9 Å². The van der Waals surface area contributed by atoms with E-state index >= 15 is 0 Å². The number of rotatable bonds is 15. The highest BCUT2D eigenvalue weighted by Gasteiger charge is 2.32. The van der Waals surface area contributed by atoms with Gasteiger partial charge in [0.05, 0.1) is 11.3 Å². The van der Waals surface area contributed by atoms with Gasteiger partial charge in [-0.3, -0.25) is 9.10 Å². The molecule has 1 aliphatic carbocycles. The largest absolute Gasteiger partial charge is 0.491 e. The number of nitrogens with one attached hydrogen (secondary N) is 2. The molecule has 2 aromatic rings. The Labute approximate surface area is 234 Å². The molecule has 1 saturated carbocycles. The lowest BCUT2D eigenvalue weighted by atomic mass is 10.1. The Morgan fingerprint density at radius 2 is 1.85 bits per heavy atom. The summed E-state index contributed by atoms with van der Waals surface area (Å²) in [6, 6.07) is 4.32. The second-order valence-electron chi connectivity index (χ2n) is 10.5. The van der Waals surface area contributed by atoms with Crippen molar-refractivity contribution in [3.63, 3.8) is 0 Å². The van der Waals surface area contributed by atoms with E-state index in [9.17, 15) is 22.0 Å². The molecule has 1 fully saturated rings. The van der Waals surface area contributed by atoms with Crippen molar-refractivity contribution in [2.75, 3.05) is 43.5 Å². The van der Waals surface area contributed by atoms with Crippen LogP contribution < -0.4 is 25.4 Å². The predicted molar refractivity (Wildman–Crippen MR) is 150 cm³/mol. The minimum absolute atomic E-state index is 0.0526. The molecule has 3 rings (SSSR count). The van der Waals surface area contributed by atoms with E-state index in [1.165, 1.54) is 20.2 Å². The van der Waals surface area contributed by atoms with E-state index in [1.54, 1.807) is 19.9 Å². The second-order valence-corrected chi connectivity index (χ2v) is 13.0. The molecule has 4 N–H and O–H groups in total. The Hall–Kier alpha value is -3.03. The number of halogens is 2. The lowest BCUT2D eigenvalue weighted by molar-refractivity contribution is 0.0902. The van der Waals surface area contributed by atoms with Crippen LogP contribution in [0.1, 0.15) is 44.0 Å². The third kappa shape index (κ3) is 8.48. The number of hydrogen-bond donors (Lipinski definition) is 3. The molecule has 0 aliphatic heterocycles. The third-order valence-corrected chi connectivity index (χ3v) is 9.09. The molecule has 1 heterocycles. The molecule has 1 aromatic carbocycles. The number of nitrogens with zero attached hydrogens (tertiary/aromatic N) is 2. The monoisotopic (exact) mass is 583 g/mol. The van der Waals surface area contributed by atoms with Gasteiger partial charge in [0.1, 0.15) is 35.6 Å². The molecule has 222 valence electrons. The van der Waals surface area contributed by atoms with Gasteiger partial charge in [-0.25, -0.2) is 22.2 Å². The van der Waals surface area contributed by atoms with Gasteiger partial charge in [-0.15, -0.1) is 0 Å². The highest BCUT2D eigenvalue weighted by Crippen LogP contribution is 2.37. The van der Waals surface area contributed by atoms with Gasteiger partial charge in [-0.2, -0.15) is 0 Å². The number of anilines is 2. The van der Waals surface area contributed by atoms with Crippen LogP contribution in [0.5, 0.6) is 5.75 Å². The molecule has 0 radical (unpaired) electrons. The number of carbonyl (C=O) groups excluding carboxylic acids is 1. The average molecular weight is 584 g/mol.